The smallest absolute Gasteiger partial charge is 0.421 e. The Hall–Kier alpha value is -2.31. The molecule has 1 aromatic carbocycles. The zero-order valence-corrected chi connectivity index (χ0v) is 15.7. The molecule has 7 heteroatoms. The fraction of sp³-hybridized carbons (Fsp3) is 0.474. The lowest BCUT2D eigenvalue weighted by molar-refractivity contribution is -0.137. The molecule has 0 aliphatic carbocycles. The fourth-order valence-corrected chi connectivity index (χ4v) is 2.47. The summed E-state index contributed by atoms with van der Waals surface area (Å²) in [7, 11) is 1.56. The van der Waals surface area contributed by atoms with Gasteiger partial charge in [0.05, 0.1) is 0 Å². The van der Waals surface area contributed by atoms with Crippen LogP contribution in [-0.4, -0.2) is 22.6 Å². The third-order valence-electron chi connectivity index (χ3n) is 3.60. The molecule has 0 fully saturated rings. The number of nitrogens with zero attached hydrogens (tertiary/aromatic N) is 3. The number of hydrogen-bond donors (Lipinski definition) is 0. The number of rotatable bonds is 5. The van der Waals surface area contributed by atoms with Crippen LogP contribution in [0.3, 0.4) is 0 Å². The van der Waals surface area contributed by atoms with E-state index in [9.17, 15) is 13.2 Å². The van der Waals surface area contributed by atoms with Gasteiger partial charge in [0, 0.05) is 18.9 Å². The zero-order valence-electron chi connectivity index (χ0n) is 15.7. The lowest BCUT2D eigenvalue weighted by Gasteiger charge is -2.25. The molecule has 0 atom stereocenters. The quantitative estimate of drug-likeness (QED) is 0.710. The molecule has 1 aromatic heterocycles. The van der Waals surface area contributed by atoms with E-state index >= 15 is 0 Å². The Morgan fingerprint density at radius 1 is 1.15 bits per heavy atom. The van der Waals surface area contributed by atoms with Gasteiger partial charge in [-0.3, -0.25) is 0 Å². The van der Waals surface area contributed by atoms with E-state index in [-0.39, 0.29) is 11.8 Å². The van der Waals surface area contributed by atoms with Gasteiger partial charge in [-0.05, 0) is 44.9 Å². The van der Waals surface area contributed by atoms with Gasteiger partial charge >= 0.3 is 12.2 Å². The molecular weight excluding hydrogens is 343 g/mol. The van der Waals surface area contributed by atoms with Crippen LogP contribution in [0.2, 0.25) is 0 Å². The summed E-state index contributed by atoms with van der Waals surface area (Å²) >= 11 is 0. The highest BCUT2D eigenvalue weighted by molar-refractivity contribution is 5.63. The molecule has 2 rings (SSSR count). The van der Waals surface area contributed by atoms with Gasteiger partial charge in [-0.15, -0.1) is 0 Å². The van der Waals surface area contributed by atoms with Crippen LogP contribution >= 0.6 is 0 Å². The second kappa shape index (κ2) is 7.51. The highest BCUT2D eigenvalue weighted by atomic mass is 19.4. The Morgan fingerprint density at radius 2 is 1.85 bits per heavy atom. The van der Waals surface area contributed by atoms with Crippen molar-refractivity contribution in [3.8, 4) is 6.01 Å². The van der Waals surface area contributed by atoms with Gasteiger partial charge in [0.2, 0.25) is 0 Å². The normalized spacial score (nSPS) is 12.2. The molecule has 0 bridgehead atoms. The molecule has 1 heterocycles. The maximum atomic E-state index is 13.4. The number of halogens is 3. The molecule has 0 N–H and O–H groups in total. The molecule has 142 valence electrons. The molecule has 26 heavy (non-hydrogen) atoms. The second-order valence-electron chi connectivity index (χ2n) is 7.08. The molecule has 0 saturated carbocycles. The van der Waals surface area contributed by atoms with Crippen LogP contribution in [0.25, 0.3) is 0 Å². The van der Waals surface area contributed by atoms with Gasteiger partial charge in [-0.1, -0.05) is 25.5 Å². The van der Waals surface area contributed by atoms with E-state index in [1.54, 1.807) is 33.9 Å². The Balaban J connectivity index is 2.50. The predicted octanol–water partition coefficient (Wildman–Crippen LogP) is 5.39. The minimum Gasteiger partial charge on any atom is -0.458 e. The predicted molar refractivity (Wildman–Crippen MR) is 95.9 cm³/mol. The van der Waals surface area contributed by atoms with E-state index in [0.717, 1.165) is 24.6 Å². The monoisotopic (exact) mass is 367 g/mol. The average molecular weight is 367 g/mol. The van der Waals surface area contributed by atoms with Gasteiger partial charge in [-0.2, -0.15) is 18.2 Å². The maximum absolute atomic E-state index is 13.4. The summed E-state index contributed by atoms with van der Waals surface area (Å²) < 4.78 is 45.9. The number of aromatic nitrogens is 2. The molecule has 0 amide bonds. The van der Waals surface area contributed by atoms with Crippen molar-refractivity contribution in [2.45, 2.75) is 52.3 Å². The average Bonchev–Trinajstić information content (AvgIpc) is 2.52. The number of benzene rings is 1. The fourth-order valence-electron chi connectivity index (χ4n) is 2.47. The van der Waals surface area contributed by atoms with Gasteiger partial charge in [0.15, 0.2) is 5.82 Å². The number of alkyl halides is 3. The molecule has 0 unspecified atom stereocenters. The topological polar surface area (TPSA) is 38.2 Å². The number of anilines is 2. The van der Waals surface area contributed by atoms with Gasteiger partial charge in [-0.25, -0.2) is 4.98 Å². The Kier molecular flexibility index (Phi) is 5.78. The minimum atomic E-state index is -4.56. The van der Waals surface area contributed by atoms with Gasteiger partial charge in [0.25, 0.3) is 0 Å². The molecule has 0 radical (unpaired) electrons. The molecule has 0 saturated heterocycles. The minimum absolute atomic E-state index is 0.0861. The molecular formula is C19H24F3N3O. The van der Waals surface area contributed by atoms with E-state index in [0.29, 0.717) is 5.69 Å². The highest BCUT2D eigenvalue weighted by Crippen LogP contribution is 2.38. The van der Waals surface area contributed by atoms with Gasteiger partial charge < -0.3 is 9.64 Å². The van der Waals surface area contributed by atoms with Crippen LogP contribution in [-0.2, 0) is 12.6 Å². The lowest BCUT2D eigenvalue weighted by atomic mass is 10.1. The van der Waals surface area contributed by atoms with Crippen molar-refractivity contribution in [3.05, 3.63) is 41.6 Å². The first-order valence-electron chi connectivity index (χ1n) is 8.47. The van der Waals surface area contributed by atoms with Crippen molar-refractivity contribution < 1.29 is 17.9 Å². The van der Waals surface area contributed by atoms with E-state index in [1.807, 2.05) is 18.2 Å². The van der Waals surface area contributed by atoms with Crippen molar-refractivity contribution in [1.29, 1.82) is 0 Å². The summed E-state index contributed by atoms with van der Waals surface area (Å²) in [5.74, 6) is -0.236. The first-order valence-corrected chi connectivity index (χ1v) is 8.47. The van der Waals surface area contributed by atoms with Crippen LogP contribution in [0.1, 0.15) is 45.2 Å². The van der Waals surface area contributed by atoms with E-state index < -0.39 is 17.3 Å². The number of ether oxygens (including phenoxy) is 1. The first-order chi connectivity index (χ1) is 12.0. The van der Waals surface area contributed by atoms with Crippen molar-refractivity contribution in [2.75, 3.05) is 11.9 Å². The summed E-state index contributed by atoms with van der Waals surface area (Å²) in [6.07, 6.45) is -1.98. The van der Waals surface area contributed by atoms with Crippen LogP contribution in [0.5, 0.6) is 6.01 Å². The Bertz CT molecular complexity index is 754. The molecule has 0 aliphatic rings. The van der Waals surface area contributed by atoms with Crippen molar-refractivity contribution >= 4 is 11.5 Å². The summed E-state index contributed by atoms with van der Waals surface area (Å²) in [6.45, 7) is 7.40. The van der Waals surface area contributed by atoms with E-state index in [1.165, 1.54) is 4.90 Å². The largest absolute Gasteiger partial charge is 0.458 e. The SMILES string of the molecule is CCCc1cccc(N(C)c2nc(OC(C)(C)C)ncc2C(F)(F)F)c1. The Morgan fingerprint density at radius 3 is 2.42 bits per heavy atom. The lowest BCUT2D eigenvalue weighted by Crippen LogP contribution is -2.26. The van der Waals surface area contributed by atoms with E-state index in [2.05, 4.69) is 16.9 Å². The molecule has 0 spiro atoms. The van der Waals surface area contributed by atoms with Crippen LogP contribution in [0, 0.1) is 0 Å². The number of aryl methyl sites for hydroxylation is 1. The van der Waals surface area contributed by atoms with Crippen LogP contribution in [0.4, 0.5) is 24.7 Å². The highest BCUT2D eigenvalue weighted by Gasteiger charge is 2.37. The van der Waals surface area contributed by atoms with Crippen LogP contribution < -0.4 is 9.64 Å². The molecule has 4 nitrogen and oxygen atoms in total. The van der Waals surface area contributed by atoms with Crippen molar-refractivity contribution in [2.24, 2.45) is 0 Å². The third-order valence-corrected chi connectivity index (χ3v) is 3.60. The third kappa shape index (κ3) is 5.09. The number of hydrogen-bond acceptors (Lipinski definition) is 4. The van der Waals surface area contributed by atoms with E-state index in [4.69, 9.17) is 4.74 Å². The summed E-state index contributed by atoms with van der Waals surface area (Å²) in [5, 5.41) is 0. The summed E-state index contributed by atoms with van der Waals surface area (Å²) in [4.78, 5) is 9.20. The Labute approximate surface area is 152 Å². The van der Waals surface area contributed by atoms with Crippen molar-refractivity contribution in [1.82, 2.24) is 9.97 Å². The second-order valence-corrected chi connectivity index (χ2v) is 7.08. The first kappa shape index (κ1) is 20.0. The van der Waals surface area contributed by atoms with Crippen LogP contribution in [0.15, 0.2) is 30.5 Å². The maximum Gasteiger partial charge on any atom is 0.421 e. The van der Waals surface area contributed by atoms with Crippen molar-refractivity contribution in [3.63, 3.8) is 0 Å². The summed E-state index contributed by atoms with van der Waals surface area (Å²) in [6, 6.07) is 7.33. The molecule has 2 aromatic rings. The van der Waals surface area contributed by atoms with Gasteiger partial charge in [0.1, 0.15) is 11.2 Å². The standard InChI is InChI=1S/C19H24F3N3O/c1-6-8-13-9-7-10-14(11-13)25(5)16-15(19(20,21)22)12-23-17(24-16)26-18(2,3)4/h7,9-12H,6,8H2,1-5H3. The zero-order chi connectivity index (χ0) is 19.5. The summed E-state index contributed by atoms with van der Waals surface area (Å²) in [5.41, 5.74) is 0.172. The molecule has 0 aliphatic heterocycles.